The molecule has 0 atom stereocenters. The monoisotopic (exact) mass is 621 g/mol. The Balaban J connectivity index is 1.46. The molecule has 0 bridgehead atoms. The summed E-state index contributed by atoms with van der Waals surface area (Å²) in [4.78, 5) is 31.6. The van der Waals surface area contributed by atoms with Crippen LogP contribution >= 0.6 is 0 Å². The lowest BCUT2D eigenvalue weighted by Gasteiger charge is -2.24. The van der Waals surface area contributed by atoms with E-state index in [0.717, 1.165) is 12.1 Å². The lowest BCUT2D eigenvalue weighted by atomic mass is 10.3. The molecule has 17 heteroatoms. The van der Waals surface area contributed by atoms with Gasteiger partial charge in [0.15, 0.2) is 0 Å². The van der Waals surface area contributed by atoms with Gasteiger partial charge in [-0.1, -0.05) is 30.3 Å². The average Bonchev–Trinajstić information content (AvgIpc) is 3.68. The Morgan fingerprint density at radius 2 is 1.12 bits per heavy atom. The van der Waals surface area contributed by atoms with Gasteiger partial charge in [0.1, 0.15) is 38.4 Å². The Morgan fingerprint density at radius 1 is 0.651 bits per heavy atom. The minimum Gasteiger partial charge on any atom is -0.324 e. The molecule has 220 valence electrons. The van der Waals surface area contributed by atoms with E-state index in [9.17, 15) is 26.4 Å². The summed E-state index contributed by atoms with van der Waals surface area (Å²) in [6.45, 7) is -0.347. The second-order valence-corrected chi connectivity index (χ2v) is 12.7. The number of benzene rings is 3. The van der Waals surface area contributed by atoms with Crippen LogP contribution in [0.4, 0.5) is 17.1 Å². The van der Waals surface area contributed by atoms with Crippen molar-refractivity contribution in [2.24, 2.45) is 0 Å². The highest BCUT2D eigenvalue weighted by Gasteiger charge is 2.37. The fraction of sp³-hybridized carbons (Fsp3) is 0.0769. The molecule has 0 aliphatic rings. The second-order valence-electron chi connectivity index (χ2n) is 8.88. The Morgan fingerprint density at radius 3 is 1.53 bits per heavy atom. The molecule has 5 rings (SSSR count). The molecule has 0 radical (unpaired) electrons. The summed E-state index contributed by atoms with van der Waals surface area (Å²) < 4.78 is 58.9. The van der Waals surface area contributed by atoms with Crippen molar-refractivity contribution in [1.82, 2.24) is 29.5 Å². The molecule has 2 heterocycles. The number of aromatic nitrogens is 6. The summed E-state index contributed by atoms with van der Waals surface area (Å²) >= 11 is 0. The zero-order valence-corrected chi connectivity index (χ0v) is 23.8. The summed E-state index contributed by atoms with van der Waals surface area (Å²) in [5.74, 6) is -1.01. The van der Waals surface area contributed by atoms with E-state index in [1.807, 2.05) is 0 Å². The molecule has 0 saturated carbocycles. The zero-order valence-electron chi connectivity index (χ0n) is 22.1. The van der Waals surface area contributed by atoms with E-state index in [4.69, 9.17) is 0 Å². The van der Waals surface area contributed by atoms with E-state index in [-0.39, 0.29) is 30.2 Å². The van der Waals surface area contributed by atoms with Crippen molar-refractivity contribution < 1.29 is 26.4 Å². The van der Waals surface area contributed by atoms with Crippen LogP contribution in [0.5, 0.6) is 0 Å². The first-order chi connectivity index (χ1) is 20.6. The minimum atomic E-state index is -4.78. The maximum Gasteiger partial charge on any atom is 0.277 e. The number of nitrogens with zero attached hydrogens (tertiary/aromatic N) is 7. The summed E-state index contributed by atoms with van der Waals surface area (Å²) in [5, 5.41) is 12.8. The third-order valence-corrected chi connectivity index (χ3v) is 9.95. The molecule has 2 N–H and O–H groups in total. The first-order valence-corrected chi connectivity index (χ1v) is 15.3. The first kappa shape index (κ1) is 29.1. The van der Waals surface area contributed by atoms with Crippen LogP contribution in [-0.2, 0) is 42.7 Å². The van der Waals surface area contributed by atoms with Crippen LogP contribution in [0.3, 0.4) is 0 Å². The van der Waals surface area contributed by atoms with Crippen molar-refractivity contribution in [3.63, 3.8) is 0 Å². The number of rotatable bonds is 11. The second kappa shape index (κ2) is 12.2. The van der Waals surface area contributed by atoms with Crippen LogP contribution in [0.15, 0.2) is 114 Å². The average molecular weight is 622 g/mol. The van der Waals surface area contributed by atoms with Gasteiger partial charge in [-0.05, 0) is 48.5 Å². The summed E-state index contributed by atoms with van der Waals surface area (Å²) in [6, 6.07) is 17.7. The molecular weight excluding hydrogens is 598 g/mol. The number of carbonyl (C=O) groups is 2. The van der Waals surface area contributed by atoms with Gasteiger partial charge in [0.2, 0.25) is 11.8 Å². The first-order valence-electron chi connectivity index (χ1n) is 12.4. The lowest BCUT2D eigenvalue weighted by Crippen LogP contribution is -2.37. The Labute approximate surface area is 245 Å². The number of anilines is 3. The van der Waals surface area contributed by atoms with E-state index < -0.39 is 41.7 Å². The SMILES string of the molecule is O=C(Cn1cncn1)Nc1cccc(S(=O)(=O)N(c2ccccc2)S(=O)(=O)c2cccc(NC(=O)Cn3cncn3)c2)c1. The highest BCUT2D eigenvalue weighted by molar-refractivity contribution is 8.10. The van der Waals surface area contributed by atoms with Gasteiger partial charge in [-0.3, -0.25) is 9.59 Å². The molecule has 0 fully saturated rings. The smallest absolute Gasteiger partial charge is 0.277 e. The van der Waals surface area contributed by atoms with E-state index >= 15 is 0 Å². The largest absolute Gasteiger partial charge is 0.324 e. The van der Waals surface area contributed by atoms with Crippen LogP contribution in [-0.4, -0.2) is 58.2 Å². The molecule has 3 aromatic carbocycles. The number of hydrogen-bond acceptors (Lipinski definition) is 10. The van der Waals surface area contributed by atoms with E-state index in [1.165, 1.54) is 95.3 Å². The lowest BCUT2D eigenvalue weighted by molar-refractivity contribution is -0.117. The molecule has 2 aromatic heterocycles. The third kappa shape index (κ3) is 6.74. The Kier molecular flexibility index (Phi) is 8.26. The topological polar surface area (TPSA) is 191 Å². The number of sulfonamides is 2. The van der Waals surface area contributed by atoms with Gasteiger partial charge in [-0.25, -0.2) is 36.2 Å². The fourth-order valence-corrected chi connectivity index (χ4v) is 7.72. The van der Waals surface area contributed by atoms with Gasteiger partial charge in [-0.15, -0.1) is 0 Å². The van der Waals surface area contributed by atoms with Gasteiger partial charge in [0, 0.05) is 11.4 Å². The van der Waals surface area contributed by atoms with Crippen LogP contribution in [0, 0.1) is 0 Å². The van der Waals surface area contributed by atoms with Gasteiger partial charge < -0.3 is 10.6 Å². The van der Waals surface area contributed by atoms with E-state index in [0.29, 0.717) is 3.71 Å². The number of para-hydroxylation sites is 1. The molecule has 0 aliphatic heterocycles. The highest BCUT2D eigenvalue weighted by atomic mass is 32.3. The van der Waals surface area contributed by atoms with Crippen LogP contribution < -0.4 is 14.3 Å². The predicted octanol–water partition coefficient (Wildman–Crippen LogP) is 1.73. The molecule has 0 spiro atoms. The normalized spacial score (nSPS) is 11.5. The van der Waals surface area contributed by atoms with Crippen molar-refractivity contribution in [3.05, 3.63) is 104 Å². The third-order valence-electron chi connectivity index (χ3n) is 5.78. The maximum absolute atomic E-state index is 14.0. The van der Waals surface area contributed by atoms with Crippen molar-refractivity contribution >= 4 is 48.9 Å². The number of carbonyl (C=O) groups excluding carboxylic acids is 2. The Hall–Kier alpha value is -5.42. The fourth-order valence-electron chi connectivity index (χ4n) is 3.94. The predicted molar refractivity (Wildman–Crippen MR) is 153 cm³/mol. The van der Waals surface area contributed by atoms with Crippen molar-refractivity contribution in [2.75, 3.05) is 14.3 Å². The quantitative estimate of drug-likeness (QED) is 0.220. The van der Waals surface area contributed by atoms with E-state index in [2.05, 4.69) is 30.8 Å². The number of nitrogens with one attached hydrogen (secondary N) is 2. The molecule has 0 unspecified atom stereocenters. The van der Waals surface area contributed by atoms with Gasteiger partial charge >= 0.3 is 0 Å². The molecule has 43 heavy (non-hydrogen) atoms. The van der Waals surface area contributed by atoms with E-state index in [1.54, 1.807) is 6.07 Å². The van der Waals surface area contributed by atoms with Gasteiger partial charge in [-0.2, -0.15) is 13.9 Å². The van der Waals surface area contributed by atoms with Crippen LogP contribution in [0.1, 0.15) is 0 Å². The molecule has 5 aromatic rings. The minimum absolute atomic E-state index is 0.119. The maximum atomic E-state index is 14.0. The summed E-state index contributed by atoms with van der Waals surface area (Å²) in [6.07, 6.45) is 5.23. The number of amides is 2. The van der Waals surface area contributed by atoms with Crippen LogP contribution in [0.25, 0.3) is 0 Å². The van der Waals surface area contributed by atoms with Crippen molar-refractivity contribution in [3.8, 4) is 0 Å². The summed E-state index contributed by atoms with van der Waals surface area (Å²) in [5.41, 5.74) is 0.0890. The van der Waals surface area contributed by atoms with Gasteiger partial charge in [0.25, 0.3) is 20.0 Å². The van der Waals surface area contributed by atoms with Crippen molar-refractivity contribution in [2.45, 2.75) is 22.9 Å². The molecular formula is C26H23N9O6S2. The van der Waals surface area contributed by atoms with Crippen LogP contribution in [0.2, 0.25) is 0 Å². The summed E-state index contributed by atoms with van der Waals surface area (Å²) in [7, 11) is -9.56. The molecule has 0 saturated heterocycles. The number of hydrogen-bond donors (Lipinski definition) is 2. The zero-order chi connectivity index (χ0) is 30.5. The molecule has 15 nitrogen and oxygen atoms in total. The Bertz CT molecular complexity index is 1830. The molecule has 0 aliphatic carbocycles. The standard InChI is InChI=1S/C26H23N9O6S2/c36-25(14-33-18-27-16-29-33)31-20-6-4-10-23(12-20)42(38,39)35(22-8-2-1-3-9-22)43(40,41)24-11-5-7-21(13-24)32-26(37)15-34-19-28-17-30-34/h1-13,16-19H,14-15H2,(H,31,36)(H,32,37). The highest BCUT2D eigenvalue weighted by Crippen LogP contribution is 2.32. The van der Waals surface area contributed by atoms with Gasteiger partial charge in [0.05, 0.1) is 15.5 Å². The molecule has 2 amide bonds. The van der Waals surface area contributed by atoms with Crippen molar-refractivity contribution in [1.29, 1.82) is 0 Å².